The molecule has 0 spiro atoms. The maximum atomic E-state index is 4.61. The predicted molar refractivity (Wildman–Crippen MR) is 120 cm³/mol. The molecule has 1 saturated heterocycles. The number of likely N-dealkylation sites (tertiary alicyclic amines) is 1. The van der Waals surface area contributed by atoms with Crippen LogP contribution in [0.25, 0.3) is 0 Å². The predicted octanol–water partition coefficient (Wildman–Crippen LogP) is 3.35. The van der Waals surface area contributed by atoms with Crippen LogP contribution in [0.5, 0.6) is 0 Å². The Morgan fingerprint density at radius 1 is 1.17 bits per heavy atom. The molecule has 6 heteroatoms. The molecule has 158 valence electrons. The van der Waals surface area contributed by atoms with Crippen LogP contribution in [0.2, 0.25) is 0 Å². The first-order valence-corrected chi connectivity index (χ1v) is 10.7. The van der Waals surface area contributed by atoms with Crippen molar-refractivity contribution in [1.29, 1.82) is 0 Å². The molecule has 6 nitrogen and oxygen atoms in total. The van der Waals surface area contributed by atoms with Crippen LogP contribution in [0.1, 0.15) is 55.0 Å². The molecule has 2 aromatic rings. The number of nitrogens with zero attached hydrogens (tertiary/aromatic N) is 5. The lowest BCUT2D eigenvalue weighted by molar-refractivity contribution is 0.331. The first-order chi connectivity index (χ1) is 14.0. The lowest BCUT2D eigenvalue weighted by Crippen LogP contribution is -2.38. The van der Waals surface area contributed by atoms with Crippen LogP contribution in [0, 0.1) is 0 Å². The number of aromatic nitrogens is 2. The van der Waals surface area contributed by atoms with Crippen LogP contribution in [0.4, 0.5) is 0 Å². The van der Waals surface area contributed by atoms with Gasteiger partial charge in [0.25, 0.3) is 0 Å². The van der Waals surface area contributed by atoms with E-state index in [1.165, 1.54) is 42.6 Å². The van der Waals surface area contributed by atoms with Gasteiger partial charge in [-0.15, -0.1) is 0 Å². The van der Waals surface area contributed by atoms with Crippen molar-refractivity contribution in [3.05, 3.63) is 52.8 Å². The van der Waals surface area contributed by atoms with Gasteiger partial charge in [-0.2, -0.15) is 5.10 Å². The molecular formula is C23H36N6. The van der Waals surface area contributed by atoms with Crippen LogP contribution in [0.3, 0.4) is 0 Å². The number of hydrogen-bond acceptors (Lipinski definition) is 3. The number of aliphatic imine (C=N–C) groups is 1. The highest BCUT2D eigenvalue weighted by molar-refractivity contribution is 5.79. The highest BCUT2D eigenvalue weighted by Gasteiger charge is 2.15. The van der Waals surface area contributed by atoms with E-state index in [1.807, 2.05) is 18.8 Å². The maximum absolute atomic E-state index is 4.61. The summed E-state index contributed by atoms with van der Waals surface area (Å²) in [5.74, 6) is 1.30. The molecule has 1 aliphatic rings. The second-order valence-corrected chi connectivity index (χ2v) is 8.42. The van der Waals surface area contributed by atoms with Crippen molar-refractivity contribution < 1.29 is 0 Å². The summed E-state index contributed by atoms with van der Waals surface area (Å²) in [6, 6.07) is 8.96. The van der Waals surface area contributed by atoms with E-state index in [-0.39, 0.29) is 0 Å². The lowest BCUT2D eigenvalue weighted by atomic mass is 10.1. The van der Waals surface area contributed by atoms with Gasteiger partial charge in [0.05, 0.1) is 5.69 Å². The van der Waals surface area contributed by atoms with Crippen LogP contribution in [0.15, 0.2) is 35.5 Å². The highest BCUT2D eigenvalue weighted by atomic mass is 15.3. The summed E-state index contributed by atoms with van der Waals surface area (Å²) in [4.78, 5) is 9.16. The molecule has 0 amide bonds. The fraction of sp³-hybridized carbons (Fsp3) is 0.565. The zero-order chi connectivity index (χ0) is 20.8. The van der Waals surface area contributed by atoms with Crippen molar-refractivity contribution in [3.63, 3.8) is 0 Å². The molecule has 0 atom stereocenters. The Balaban J connectivity index is 1.54. The van der Waals surface area contributed by atoms with E-state index in [9.17, 15) is 0 Å². The Morgan fingerprint density at radius 3 is 2.45 bits per heavy atom. The molecule has 0 radical (unpaired) electrons. The maximum Gasteiger partial charge on any atom is 0.193 e. The van der Waals surface area contributed by atoms with Crippen molar-refractivity contribution in [1.82, 2.24) is 24.9 Å². The van der Waals surface area contributed by atoms with E-state index in [0.717, 1.165) is 31.3 Å². The van der Waals surface area contributed by atoms with Crippen LogP contribution < -0.4 is 5.32 Å². The average Bonchev–Trinajstić information content (AvgIpc) is 3.33. The van der Waals surface area contributed by atoms with Crippen molar-refractivity contribution in [2.24, 2.45) is 12.0 Å². The minimum absolute atomic E-state index is 0.411. The van der Waals surface area contributed by atoms with Gasteiger partial charge in [-0.05, 0) is 43.0 Å². The zero-order valence-corrected chi connectivity index (χ0v) is 18.6. The number of nitrogens with one attached hydrogen (secondary N) is 1. The Labute approximate surface area is 175 Å². The summed E-state index contributed by atoms with van der Waals surface area (Å²) < 4.78 is 1.90. The lowest BCUT2D eigenvalue weighted by Gasteiger charge is -2.22. The van der Waals surface area contributed by atoms with E-state index in [1.54, 1.807) is 0 Å². The fourth-order valence-corrected chi connectivity index (χ4v) is 4.02. The van der Waals surface area contributed by atoms with Crippen LogP contribution in [-0.2, 0) is 26.7 Å². The molecule has 1 N–H and O–H groups in total. The third-order valence-electron chi connectivity index (χ3n) is 5.54. The third kappa shape index (κ3) is 5.82. The van der Waals surface area contributed by atoms with Gasteiger partial charge in [-0.1, -0.05) is 38.1 Å². The van der Waals surface area contributed by atoms with Gasteiger partial charge in [-0.25, -0.2) is 0 Å². The first kappa shape index (κ1) is 21.4. The quantitative estimate of drug-likeness (QED) is 0.576. The normalized spacial score (nSPS) is 15.3. The van der Waals surface area contributed by atoms with E-state index in [2.05, 4.69) is 76.6 Å². The largest absolute Gasteiger partial charge is 0.352 e. The summed E-state index contributed by atoms with van der Waals surface area (Å²) in [5.41, 5.74) is 5.08. The molecule has 29 heavy (non-hydrogen) atoms. The van der Waals surface area contributed by atoms with Gasteiger partial charge >= 0.3 is 0 Å². The second kappa shape index (κ2) is 9.92. The Bertz CT molecular complexity index is 799. The van der Waals surface area contributed by atoms with E-state index < -0.39 is 0 Å². The Hall–Kier alpha value is -2.34. The molecular weight excluding hydrogens is 360 g/mol. The van der Waals surface area contributed by atoms with Crippen molar-refractivity contribution in [2.75, 3.05) is 27.2 Å². The highest BCUT2D eigenvalue weighted by Crippen LogP contribution is 2.18. The van der Waals surface area contributed by atoms with E-state index in [0.29, 0.717) is 5.92 Å². The number of guanidine groups is 1. The van der Waals surface area contributed by atoms with E-state index in [4.69, 9.17) is 0 Å². The molecule has 2 heterocycles. The van der Waals surface area contributed by atoms with E-state index >= 15 is 0 Å². The average molecular weight is 397 g/mol. The summed E-state index contributed by atoms with van der Waals surface area (Å²) in [7, 11) is 5.89. The van der Waals surface area contributed by atoms with Crippen molar-refractivity contribution in [3.8, 4) is 0 Å². The van der Waals surface area contributed by atoms with Gasteiger partial charge in [0, 0.05) is 52.5 Å². The molecule has 1 aromatic heterocycles. The summed E-state index contributed by atoms with van der Waals surface area (Å²) in [6.07, 6.45) is 4.79. The molecule has 0 saturated carbocycles. The van der Waals surface area contributed by atoms with Crippen molar-refractivity contribution >= 4 is 5.96 Å². The first-order valence-electron chi connectivity index (χ1n) is 10.7. The SMILES string of the molecule is CN=C(NCc1ccc(CN2CCCC2)cc1)N(C)Cc1cn(C)nc1C(C)C. The molecule has 3 rings (SSSR count). The number of benzene rings is 1. The molecule has 0 aliphatic carbocycles. The van der Waals surface area contributed by atoms with Gasteiger partial charge in [0.15, 0.2) is 5.96 Å². The molecule has 1 aromatic carbocycles. The third-order valence-corrected chi connectivity index (χ3v) is 5.54. The van der Waals surface area contributed by atoms with Gasteiger partial charge < -0.3 is 10.2 Å². The number of rotatable bonds is 7. The van der Waals surface area contributed by atoms with Gasteiger partial charge in [0.1, 0.15) is 0 Å². The minimum Gasteiger partial charge on any atom is -0.352 e. The smallest absolute Gasteiger partial charge is 0.193 e. The molecule has 1 fully saturated rings. The zero-order valence-electron chi connectivity index (χ0n) is 18.6. The Morgan fingerprint density at radius 2 is 1.83 bits per heavy atom. The molecule has 0 bridgehead atoms. The fourth-order valence-electron chi connectivity index (χ4n) is 4.02. The molecule has 0 unspecified atom stereocenters. The minimum atomic E-state index is 0.411. The van der Waals surface area contributed by atoms with Gasteiger partial charge in [0.2, 0.25) is 0 Å². The van der Waals surface area contributed by atoms with Crippen LogP contribution >= 0.6 is 0 Å². The standard InChI is InChI=1S/C23H36N6/c1-18(2)22-21(17-28(5)26-22)16-27(4)23(24-3)25-14-19-8-10-20(11-9-19)15-29-12-6-7-13-29/h8-11,17-18H,6-7,12-16H2,1-5H3,(H,24,25). The number of hydrogen-bond donors (Lipinski definition) is 1. The van der Waals surface area contributed by atoms with Gasteiger partial charge in [-0.3, -0.25) is 14.6 Å². The van der Waals surface area contributed by atoms with Crippen LogP contribution in [-0.4, -0.2) is 52.7 Å². The summed E-state index contributed by atoms with van der Waals surface area (Å²) in [6.45, 7) is 9.48. The summed E-state index contributed by atoms with van der Waals surface area (Å²) >= 11 is 0. The summed E-state index contributed by atoms with van der Waals surface area (Å²) in [5, 5.41) is 8.11. The molecule has 1 aliphatic heterocycles. The number of aryl methyl sites for hydroxylation is 1. The topological polar surface area (TPSA) is 48.7 Å². The second-order valence-electron chi connectivity index (χ2n) is 8.42. The monoisotopic (exact) mass is 396 g/mol. The Kier molecular flexibility index (Phi) is 7.31. The van der Waals surface area contributed by atoms with Crippen molar-refractivity contribution in [2.45, 2.75) is 52.2 Å².